The number of hydrogen-bond donors (Lipinski definition) is 2. The van der Waals surface area contributed by atoms with E-state index in [1.165, 1.54) is 25.3 Å². The van der Waals surface area contributed by atoms with Gasteiger partial charge in [0.05, 0.1) is 30.4 Å². The zero-order valence-corrected chi connectivity index (χ0v) is 18.2. The number of fused-ring (bicyclic) bond motifs is 2. The second kappa shape index (κ2) is 8.16. The summed E-state index contributed by atoms with van der Waals surface area (Å²) in [4.78, 5) is 16.0. The lowest BCUT2D eigenvalue weighted by atomic mass is 9.82. The highest BCUT2D eigenvalue weighted by atomic mass is 19.1. The first kappa shape index (κ1) is 22.2. The number of carboxylic acids is 1. The molecule has 3 aromatic heterocycles. The SMILES string of the molecule is COc1cc(-n2c(C(C)(C)CC#N)c(C[C@@H](F)C(=O)O)c3nc4[nH]ncc4cc32)ccc1F. The normalized spacial score (nSPS) is 12.7. The smallest absolute Gasteiger partial charge is 0.338 e. The van der Waals surface area contributed by atoms with Gasteiger partial charge in [-0.1, -0.05) is 13.8 Å². The van der Waals surface area contributed by atoms with Crippen molar-refractivity contribution >= 4 is 28.0 Å². The summed E-state index contributed by atoms with van der Waals surface area (Å²) in [6.07, 6.45) is -0.978. The van der Waals surface area contributed by atoms with Gasteiger partial charge in [0.1, 0.15) is 0 Å². The zero-order chi connectivity index (χ0) is 23.9. The number of carboxylic acid groups (broad SMARTS) is 1. The summed E-state index contributed by atoms with van der Waals surface area (Å²) in [5.41, 5.74) is 1.93. The van der Waals surface area contributed by atoms with Crippen LogP contribution in [0.3, 0.4) is 0 Å². The van der Waals surface area contributed by atoms with Crippen LogP contribution in [-0.4, -0.2) is 44.1 Å². The lowest BCUT2D eigenvalue weighted by molar-refractivity contribution is -0.142. The van der Waals surface area contributed by atoms with E-state index in [0.717, 1.165) is 0 Å². The number of nitrogens with zero attached hydrogens (tertiary/aromatic N) is 4. The second-order valence-corrected chi connectivity index (χ2v) is 8.37. The molecule has 0 fully saturated rings. The Morgan fingerprint density at radius 1 is 1.39 bits per heavy atom. The van der Waals surface area contributed by atoms with E-state index in [9.17, 15) is 23.9 Å². The van der Waals surface area contributed by atoms with E-state index < -0.39 is 29.8 Å². The highest BCUT2D eigenvalue weighted by Crippen LogP contribution is 2.40. The van der Waals surface area contributed by atoms with Gasteiger partial charge in [-0.05, 0) is 18.2 Å². The molecule has 2 N–H and O–H groups in total. The standard InChI is InChI=1S/C23H21F2N5O3/c1-23(2,6-7-26)20-14(10-16(25)22(31)32)19-17(8-12-11-27-29-21(12)28-19)30(20)13-4-5-15(24)18(9-13)33-3/h4-5,8-9,11,16H,6,10H2,1-3H3,(H,31,32)(H,27,28,29)/t16-/m1/s1. The van der Waals surface area contributed by atoms with Gasteiger partial charge >= 0.3 is 5.97 Å². The fourth-order valence-electron chi connectivity index (χ4n) is 4.14. The Morgan fingerprint density at radius 2 is 2.15 bits per heavy atom. The molecule has 0 saturated carbocycles. The van der Waals surface area contributed by atoms with Crippen molar-refractivity contribution < 1.29 is 23.4 Å². The lowest BCUT2D eigenvalue weighted by Gasteiger charge is -2.26. The van der Waals surface area contributed by atoms with Crippen LogP contribution in [0.2, 0.25) is 0 Å². The Labute approximate surface area is 187 Å². The Morgan fingerprint density at radius 3 is 2.82 bits per heavy atom. The number of rotatable bonds is 7. The maximum Gasteiger partial charge on any atom is 0.338 e. The summed E-state index contributed by atoms with van der Waals surface area (Å²) < 4.78 is 35.6. The minimum Gasteiger partial charge on any atom is -0.494 e. The summed E-state index contributed by atoms with van der Waals surface area (Å²) >= 11 is 0. The number of nitriles is 1. The number of carbonyl (C=O) groups is 1. The number of pyridine rings is 1. The predicted octanol–water partition coefficient (Wildman–Crippen LogP) is 4.21. The van der Waals surface area contributed by atoms with Gasteiger partial charge in [0.25, 0.3) is 0 Å². The quantitative estimate of drug-likeness (QED) is 0.433. The van der Waals surface area contributed by atoms with Crippen molar-refractivity contribution in [3.8, 4) is 17.5 Å². The van der Waals surface area contributed by atoms with Gasteiger partial charge in [-0.2, -0.15) is 10.4 Å². The molecule has 3 heterocycles. The summed E-state index contributed by atoms with van der Waals surface area (Å²) in [6, 6.07) is 8.22. The van der Waals surface area contributed by atoms with E-state index >= 15 is 0 Å². The zero-order valence-electron chi connectivity index (χ0n) is 18.2. The third-order valence-electron chi connectivity index (χ3n) is 5.65. The van der Waals surface area contributed by atoms with E-state index in [1.54, 1.807) is 16.8 Å². The van der Waals surface area contributed by atoms with E-state index in [-0.39, 0.29) is 12.2 Å². The monoisotopic (exact) mass is 453 g/mol. The molecule has 4 rings (SSSR count). The fraction of sp³-hybridized carbons (Fsp3) is 0.304. The molecule has 0 spiro atoms. The average Bonchev–Trinajstić information content (AvgIpc) is 3.35. The summed E-state index contributed by atoms with van der Waals surface area (Å²) in [7, 11) is 1.35. The van der Waals surface area contributed by atoms with Crippen LogP contribution in [0.1, 0.15) is 31.5 Å². The van der Waals surface area contributed by atoms with E-state index in [2.05, 4.69) is 21.3 Å². The van der Waals surface area contributed by atoms with Crippen LogP contribution in [-0.2, 0) is 16.6 Å². The number of hydrogen-bond acceptors (Lipinski definition) is 5. The Kier molecular flexibility index (Phi) is 5.49. The topological polar surface area (TPSA) is 117 Å². The third-order valence-corrected chi connectivity index (χ3v) is 5.65. The van der Waals surface area contributed by atoms with E-state index in [1.807, 2.05) is 13.8 Å². The number of ether oxygens (including phenoxy) is 1. The second-order valence-electron chi connectivity index (χ2n) is 8.37. The lowest BCUT2D eigenvalue weighted by Crippen LogP contribution is -2.25. The molecule has 0 amide bonds. The largest absolute Gasteiger partial charge is 0.494 e. The summed E-state index contributed by atoms with van der Waals surface area (Å²) in [6.45, 7) is 3.62. The van der Waals surface area contributed by atoms with Gasteiger partial charge in [-0.3, -0.25) is 5.10 Å². The van der Waals surface area contributed by atoms with Crippen molar-refractivity contribution in [1.29, 1.82) is 5.26 Å². The van der Waals surface area contributed by atoms with Crippen LogP contribution >= 0.6 is 0 Å². The minimum atomic E-state index is -2.18. The first-order chi connectivity index (χ1) is 15.7. The molecule has 0 aliphatic heterocycles. The number of methoxy groups -OCH3 is 1. The first-order valence-corrected chi connectivity index (χ1v) is 10.1. The number of H-pyrrole nitrogens is 1. The Bertz CT molecular complexity index is 1420. The van der Waals surface area contributed by atoms with Gasteiger partial charge in [0.2, 0.25) is 6.17 Å². The molecule has 0 aliphatic carbocycles. The molecule has 170 valence electrons. The van der Waals surface area contributed by atoms with Gasteiger partial charge < -0.3 is 14.4 Å². The average molecular weight is 453 g/mol. The number of aromatic nitrogens is 4. The molecule has 1 atom stereocenters. The number of halogens is 2. The molecule has 8 nitrogen and oxygen atoms in total. The summed E-state index contributed by atoms with van der Waals surface area (Å²) in [5, 5.41) is 26.2. The Hall–Kier alpha value is -4.00. The Balaban J connectivity index is 2.15. The molecule has 0 saturated heterocycles. The fourth-order valence-corrected chi connectivity index (χ4v) is 4.14. The highest BCUT2D eigenvalue weighted by molar-refractivity contribution is 5.94. The highest BCUT2D eigenvalue weighted by Gasteiger charge is 2.34. The van der Waals surface area contributed by atoms with Crippen molar-refractivity contribution in [2.75, 3.05) is 7.11 Å². The van der Waals surface area contributed by atoms with Gasteiger partial charge in [0, 0.05) is 46.7 Å². The van der Waals surface area contributed by atoms with Crippen molar-refractivity contribution in [3.05, 3.63) is 47.5 Å². The van der Waals surface area contributed by atoms with Gasteiger partial charge in [0.15, 0.2) is 17.2 Å². The molecule has 0 radical (unpaired) electrons. The van der Waals surface area contributed by atoms with Crippen molar-refractivity contribution in [3.63, 3.8) is 0 Å². The third kappa shape index (κ3) is 3.75. The van der Waals surface area contributed by atoms with Crippen LogP contribution in [0.25, 0.3) is 27.8 Å². The molecule has 33 heavy (non-hydrogen) atoms. The van der Waals surface area contributed by atoms with Crippen LogP contribution in [0.5, 0.6) is 5.75 Å². The maximum absolute atomic E-state index is 14.5. The molecule has 10 heteroatoms. The summed E-state index contributed by atoms with van der Waals surface area (Å²) in [5.74, 6) is -2.14. The molecular weight excluding hydrogens is 432 g/mol. The van der Waals surface area contributed by atoms with Crippen LogP contribution < -0.4 is 4.74 Å². The van der Waals surface area contributed by atoms with Crippen molar-refractivity contribution in [1.82, 2.24) is 19.7 Å². The van der Waals surface area contributed by atoms with E-state index in [4.69, 9.17) is 4.74 Å². The number of benzene rings is 1. The molecule has 0 unspecified atom stereocenters. The molecule has 0 bridgehead atoms. The van der Waals surface area contributed by atoms with Crippen LogP contribution in [0, 0.1) is 17.1 Å². The van der Waals surface area contributed by atoms with E-state index in [0.29, 0.717) is 39.0 Å². The number of aromatic amines is 1. The first-order valence-electron chi connectivity index (χ1n) is 10.1. The molecule has 0 aliphatic rings. The number of alkyl halides is 1. The number of aliphatic carboxylic acids is 1. The molecule has 4 aromatic rings. The minimum absolute atomic E-state index is 0.00573. The van der Waals surface area contributed by atoms with Crippen molar-refractivity contribution in [2.45, 2.75) is 38.3 Å². The van der Waals surface area contributed by atoms with Crippen LogP contribution in [0.4, 0.5) is 8.78 Å². The predicted molar refractivity (Wildman–Crippen MR) is 117 cm³/mol. The van der Waals surface area contributed by atoms with Crippen molar-refractivity contribution in [2.24, 2.45) is 0 Å². The maximum atomic E-state index is 14.5. The molecule has 1 aromatic carbocycles. The van der Waals surface area contributed by atoms with Gasteiger partial charge in [-0.15, -0.1) is 0 Å². The van der Waals surface area contributed by atoms with Gasteiger partial charge in [-0.25, -0.2) is 18.6 Å². The molecular formula is C23H21F2N5O3. The number of nitrogens with one attached hydrogen (secondary N) is 1. The van der Waals surface area contributed by atoms with Crippen LogP contribution in [0.15, 0.2) is 30.5 Å².